The predicted molar refractivity (Wildman–Crippen MR) is 60.6 cm³/mol. The first-order valence-corrected chi connectivity index (χ1v) is 6.62. The Morgan fingerprint density at radius 3 is 2.41 bits per heavy atom. The third-order valence-corrected chi connectivity index (χ3v) is 3.45. The summed E-state index contributed by atoms with van der Waals surface area (Å²) in [6.07, 6.45) is 0.999. The molecule has 4 N–H and O–H groups in total. The number of nitrogens with two attached hydrogens (primary N) is 1. The molecule has 0 saturated carbocycles. The predicted octanol–water partition coefficient (Wildman–Crippen LogP) is -0.0774. The third kappa shape index (κ3) is 2.95. The molecule has 0 amide bonds. The van der Waals surface area contributed by atoms with Crippen LogP contribution < -0.4 is 5.73 Å². The number of benzene rings is 1. The molecule has 0 aliphatic carbocycles. The van der Waals surface area contributed by atoms with E-state index in [1.165, 1.54) is 12.1 Å². The highest BCUT2D eigenvalue weighted by Gasteiger charge is 2.22. The molecule has 0 saturated heterocycles. The van der Waals surface area contributed by atoms with Crippen molar-refractivity contribution in [2.75, 3.05) is 12.8 Å². The number of aromatic hydroxyl groups is 1. The van der Waals surface area contributed by atoms with Crippen molar-refractivity contribution in [2.24, 2.45) is 5.73 Å². The highest BCUT2D eigenvalue weighted by molar-refractivity contribution is 7.90. The number of carboxylic acid groups (broad SMARTS) is 1. The Morgan fingerprint density at radius 1 is 1.47 bits per heavy atom. The van der Waals surface area contributed by atoms with Gasteiger partial charge in [-0.25, -0.2) is 8.42 Å². The van der Waals surface area contributed by atoms with E-state index in [9.17, 15) is 18.3 Å². The molecule has 0 heterocycles. The SMILES string of the molecule is CS(=O)(=O)c1ccc(C(CN)C(=O)O)c(O)c1. The summed E-state index contributed by atoms with van der Waals surface area (Å²) in [5.41, 5.74) is 5.39. The number of rotatable bonds is 4. The van der Waals surface area contributed by atoms with E-state index in [4.69, 9.17) is 10.8 Å². The van der Waals surface area contributed by atoms with Crippen LogP contribution in [0.15, 0.2) is 23.1 Å². The molecular formula is C10H13NO5S. The second-order valence-electron chi connectivity index (χ2n) is 3.62. The van der Waals surface area contributed by atoms with E-state index >= 15 is 0 Å². The Balaban J connectivity index is 3.27. The van der Waals surface area contributed by atoms with Crippen molar-refractivity contribution < 1.29 is 23.4 Å². The molecule has 94 valence electrons. The zero-order valence-corrected chi connectivity index (χ0v) is 9.94. The van der Waals surface area contributed by atoms with Crippen molar-refractivity contribution in [3.63, 3.8) is 0 Å². The number of hydrogen-bond acceptors (Lipinski definition) is 5. The van der Waals surface area contributed by atoms with Crippen molar-refractivity contribution >= 4 is 15.8 Å². The number of carbonyl (C=O) groups is 1. The summed E-state index contributed by atoms with van der Waals surface area (Å²) in [5.74, 6) is -2.61. The molecule has 0 radical (unpaired) electrons. The standard InChI is InChI=1S/C10H13NO5S/c1-17(15,16)6-2-3-7(9(12)4-6)8(5-11)10(13)14/h2-4,8,12H,5,11H2,1H3,(H,13,14). The molecule has 0 fully saturated rings. The van der Waals surface area contributed by atoms with Gasteiger partial charge in [-0.15, -0.1) is 0 Å². The lowest BCUT2D eigenvalue weighted by atomic mass is 9.98. The third-order valence-electron chi connectivity index (χ3n) is 2.34. The number of aliphatic carboxylic acids is 1. The van der Waals surface area contributed by atoms with E-state index in [1.54, 1.807) is 0 Å². The zero-order chi connectivity index (χ0) is 13.2. The molecule has 7 heteroatoms. The fourth-order valence-corrected chi connectivity index (χ4v) is 2.05. The van der Waals surface area contributed by atoms with Crippen LogP contribution in [0.3, 0.4) is 0 Å². The van der Waals surface area contributed by atoms with E-state index in [0.29, 0.717) is 0 Å². The minimum absolute atomic E-state index is 0.0695. The lowest BCUT2D eigenvalue weighted by molar-refractivity contribution is -0.138. The molecule has 6 nitrogen and oxygen atoms in total. The van der Waals surface area contributed by atoms with Crippen molar-refractivity contribution in [2.45, 2.75) is 10.8 Å². The Hall–Kier alpha value is -1.60. The summed E-state index contributed by atoms with van der Waals surface area (Å²) in [5, 5.41) is 18.5. The number of phenols is 1. The summed E-state index contributed by atoms with van der Waals surface area (Å²) in [6, 6.07) is 3.53. The van der Waals surface area contributed by atoms with E-state index in [0.717, 1.165) is 12.3 Å². The largest absolute Gasteiger partial charge is 0.508 e. The van der Waals surface area contributed by atoms with Crippen LogP contribution in [0.5, 0.6) is 5.75 Å². The van der Waals surface area contributed by atoms with Gasteiger partial charge in [-0.3, -0.25) is 4.79 Å². The van der Waals surface area contributed by atoms with Gasteiger partial charge in [0.05, 0.1) is 10.8 Å². The summed E-state index contributed by atoms with van der Waals surface area (Å²) in [4.78, 5) is 10.8. The van der Waals surface area contributed by atoms with Crippen LogP contribution in [0.4, 0.5) is 0 Å². The highest BCUT2D eigenvalue weighted by atomic mass is 32.2. The Bertz CT molecular complexity index is 538. The number of phenolic OH excluding ortho intramolecular Hbond substituents is 1. The van der Waals surface area contributed by atoms with Crippen LogP contribution in [-0.4, -0.2) is 37.4 Å². The van der Waals surface area contributed by atoms with E-state index in [1.807, 2.05) is 0 Å². The molecule has 1 aromatic carbocycles. The maximum Gasteiger partial charge on any atom is 0.312 e. The van der Waals surface area contributed by atoms with Crippen molar-refractivity contribution in [3.8, 4) is 5.75 Å². The fraction of sp³-hybridized carbons (Fsp3) is 0.300. The number of hydrogen-bond donors (Lipinski definition) is 3. The minimum Gasteiger partial charge on any atom is -0.508 e. The van der Waals surface area contributed by atoms with Gasteiger partial charge in [0.1, 0.15) is 5.75 Å². The van der Waals surface area contributed by atoms with Gasteiger partial charge < -0.3 is 15.9 Å². The maximum atomic E-state index is 11.2. The monoisotopic (exact) mass is 259 g/mol. The van der Waals surface area contributed by atoms with Gasteiger partial charge in [-0.2, -0.15) is 0 Å². The molecule has 1 atom stereocenters. The van der Waals surface area contributed by atoms with Gasteiger partial charge in [-0.05, 0) is 12.1 Å². The van der Waals surface area contributed by atoms with Crippen molar-refractivity contribution in [3.05, 3.63) is 23.8 Å². The minimum atomic E-state index is -3.43. The normalized spacial score (nSPS) is 13.3. The second kappa shape index (κ2) is 4.72. The molecule has 1 unspecified atom stereocenters. The van der Waals surface area contributed by atoms with Crippen LogP contribution in [0, 0.1) is 0 Å². The molecule has 0 aromatic heterocycles. The van der Waals surface area contributed by atoms with Crippen LogP contribution in [-0.2, 0) is 14.6 Å². The van der Waals surface area contributed by atoms with E-state index in [-0.39, 0.29) is 22.8 Å². The molecule has 0 aliphatic heterocycles. The fourth-order valence-electron chi connectivity index (χ4n) is 1.41. The smallest absolute Gasteiger partial charge is 0.312 e. The molecule has 0 spiro atoms. The molecule has 0 aliphatic rings. The van der Waals surface area contributed by atoms with Crippen LogP contribution in [0.2, 0.25) is 0 Å². The van der Waals surface area contributed by atoms with Crippen molar-refractivity contribution in [1.82, 2.24) is 0 Å². The molecule has 1 rings (SSSR count). The summed E-state index contributed by atoms with van der Waals surface area (Å²) in [6.45, 7) is -0.179. The van der Waals surface area contributed by atoms with Gasteiger partial charge >= 0.3 is 5.97 Å². The van der Waals surface area contributed by atoms with Gasteiger partial charge in [0.2, 0.25) is 0 Å². The van der Waals surface area contributed by atoms with E-state index in [2.05, 4.69) is 0 Å². The summed E-state index contributed by atoms with van der Waals surface area (Å²) >= 11 is 0. The second-order valence-corrected chi connectivity index (χ2v) is 5.64. The Kier molecular flexibility index (Phi) is 3.74. The summed E-state index contributed by atoms with van der Waals surface area (Å²) < 4.78 is 22.4. The molecule has 17 heavy (non-hydrogen) atoms. The Morgan fingerprint density at radius 2 is 2.06 bits per heavy atom. The van der Waals surface area contributed by atoms with Gasteiger partial charge in [0.25, 0.3) is 0 Å². The quantitative estimate of drug-likeness (QED) is 0.696. The lowest BCUT2D eigenvalue weighted by Crippen LogP contribution is -2.21. The number of sulfone groups is 1. The Labute approximate surface area is 98.6 Å². The van der Waals surface area contributed by atoms with Gasteiger partial charge in [0, 0.05) is 18.4 Å². The first kappa shape index (κ1) is 13.5. The average Bonchev–Trinajstić information content (AvgIpc) is 2.19. The highest BCUT2D eigenvalue weighted by Crippen LogP contribution is 2.28. The van der Waals surface area contributed by atoms with Crippen LogP contribution in [0.25, 0.3) is 0 Å². The first-order valence-electron chi connectivity index (χ1n) is 4.73. The zero-order valence-electron chi connectivity index (χ0n) is 9.12. The molecule has 0 bridgehead atoms. The number of carboxylic acids is 1. The summed E-state index contributed by atoms with van der Waals surface area (Å²) in [7, 11) is -3.43. The maximum absolute atomic E-state index is 11.2. The van der Waals surface area contributed by atoms with E-state index < -0.39 is 21.7 Å². The van der Waals surface area contributed by atoms with Crippen molar-refractivity contribution in [1.29, 1.82) is 0 Å². The first-order chi connectivity index (χ1) is 7.77. The van der Waals surface area contributed by atoms with Gasteiger partial charge in [0.15, 0.2) is 9.84 Å². The van der Waals surface area contributed by atoms with Gasteiger partial charge in [-0.1, -0.05) is 6.07 Å². The average molecular weight is 259 g/mol. The van der Waals surface area contributed by atoms with Crippen LogP contribution >= 0.6 is 0 Å². The molecular weight excluding hydrogens is 246 g/mol. The topological polar surface area (TPSA) is 118 Å². The molecule has 1 aromatic rings. The van der Waals surface area contributed by atoms with Crippen LogP contribution in [0.1, 0.15) is 11.5 Å². The lowest BCUT2D eigenvalue weighted by Gasteiger charge is -2.12.